The SMILES string of the molecule is Cc1cc(CN(C)C)cc(C(=O)C[C@@H]2[C@H]3Oc4ccc(Oc5ccnc6c5CCC(=O)N6)cc4[C@@H]23)c1. The number of Topliss-reactive ketones (excluding diaryl/α,β-unsaturated/α-hetero) is 1. The second-order valence-electron chi connectivity index (χ2n) is 10.3. The molecule has 184 valence electrons. The van der Waals surface area contributed by atoms with Crippen LogP contribution < -0.4 is 14.8 Å². The molecule has 3 aliphatic rings. The largest absolute Gasteiger partial charge is 0.489 e. The van der Waals surface area contributed by atoms with E-state index in [4.69, 9.17) is 9.47 Å². The molecule has 1 N–H and O–H groups in total. The van der Waals surface area contributed by atoms with Crippen LogP contribution in [0.4, 0.5) is 5.82 Å². The second-order valence-corrected chi connectivity index (χ2v) is 10.3. The summed E-state index contributed by atoms with van der Waals surface area (Å²) in [4.78, 5) is 31.2. The third-order valence-corrected chi connectivity index (χ3v) is 7.18. The molecule has 0 radical (unpaired) electrons. The first kappa shape index (κ1) is 22.7. The highest BCUT2D eigenvalue weighted by Crippen LogP contribution is 2.60. The summed E-state index contributed by atoms with van der Waals surface area (Å²) in [6.07, 6.45) is 3.19. The zero-order valence-electron chi connectivity index (χ0n) is 20.7. The first-order valence-electron chi connectivity index (χ1n) is 12.4. The van der Waals surface area contributed by atoms with Crippen LogP contribution in [0.2, 0.25) is 0 Å². The van der Waals surface area contributed by atoms with Gasteiger partial charge < -0.3 is 19.7 Å². The molecule has 3 heterocycles. The quantitative estimate of drug-likeness (QED) is 0.483. The van der Waals surface area contributed by atoms with Crippen molar-refractivity contribution < 1.29 is 19.1 Å². The maximum Gasteiger partial charge on any atom is 0.225 e. The first-order chi connectivity index (χ1) is 17.4. The Morgan fingerprint density at radius 2 is 2.03 bits per heavy atom. The lowest BCUT2D eigenvalue weighted by molar-refractivity contribution is -0.116. The van der Waals surface area contributed by atoms with Crippen LogP contribution in [0.1, 0.15) is 51.4 Å². The lowest BCUT2D eigenvalue weighted by Crippen LogP contribution is -2.20. The van der Waals surface area contributed by atoms with Gasteiger partial charge in [0.05, 0.1) is 0 Å². The number of ketones is 1. The van der Waals surface area contributed by atoms with E-state index in [1.807, 2.05) is 57.4 Å². The molecule has 1 amide bonds. The van der Waals surface area contributed by atoms with Gasteiger partial charge in [-0.05, 0) is 69.4 Å². The number of hydrogen-bond donors (Lipinski definition) is 1. The number of nitrogens with zero attached hydrogens (tertiary/aromatic N) is 2. The van der Waals surface area contributed by atoms with E-state index in [1.54, 1.807) is 6.20 Å². The number of anilines is 1. The molecule has 36 heavy (non-hydrogen) atoms. The third-order valence-electron chi connectivity index (χ3n) is 7.18. The Morgan fingerprint density at radius 1 is 1.17 bits per heavy atom. The van der Waals surface area contributed by atoms with Crippen molar-refractivity contribution in [2.45, 2.75) is 44.8 Å². The number of ether oxygens (including phenoxy) is 2. The molecule has 1 aromatic heterocycles. The minimum absolute atomic E-state index is 0.0261. The topological polar surface area (TPSA) is 80.8 Å². The minimum atomic E-state index is -0.0261. The van der Waals surface area contributed by atoms with Gasteiger partial charge in [0, 0.05) is 54.1 Å². The van der Waals surface area contributed by atoms with Gasteiger partial charge in [0.2, 0.25) is 5.91 Å². The standard InChI is InChI=1S/C29H29N3O4/c1-16-10-17(15-32(2)3)12-18(11-16)23(33)14-22-27-21-13-19(4-6-24(21)36-28(22)27)35-25-8-9-30-29-20(25)5-7-26(34)31-29/h4,6,8-13,22,27-28H,5,7,14-15H2,1-3H3,(H,30,31,34)/t22-,27-,28+/m0/s1. The number of hydrogen-bond acceptors (Lipinski definition) is 6. The van der Waals surface area contributed by atoms with Crippen LogP contribution in [-0.4, -0.2) is 41.8 Å². The van der Waals surface area contributed by atoms with Crippen molar-refractivity contribution in [1.82, 2.24) is 9.88 Å². The van der Waals surface area contributed by atoms with Gasteiger partial charge in [0.25, 0.3) is 0 Å². The molecule has 0 saturated heterocycles. The van der Waals surface area contributed by atoms with E-state index in [9.17, 15) is 9.59 Å². The van der Waals surface area contributed by atoms with Crippen molar-refractivity contribution in [2.24, 2.45) is 5.92 Å². The zero-order chi connectivity index (χ0) is 25.0. The highest BCUT2D eigenvalue weighted by atomic mass is 16.5. The highest BCUT2D eigenvalue weighted by Gasteiger charge is 2.59. The Hall–Kier alpha value is -3.71. The molecule has 0 bridgehead atoms. The summed E-state index contributed by atoms with van der Waals surface area (Å²) in [6.45, 7) is 2.85. The highest BCUT2D eigenvalue weighted by molar-refractivity contribution is 5.97. The summed E-state index contributed by atoms with van der Waals surface area (Å²) in [6, 6.07) is 13.8. The number of carbonyl (C=O) groups excluding carboxylic acids is 2. The van der Waals surface area contributed by atoms with E-state index in [0.29, 0.717) is 36.6 Å². The molecule has 2 aromatic carbocycles. The summed E-state index contributed by atoms with van der Waals surface area (Å²) in [5, 5.41) is 2.81. The zero-order valence-corrected chi connectivity index (χ0v) is 20.7. The Labute approximate surface area is 210 Å². The molecule has 1 aliphatic carbocycles. The van der Waals surface area contributed by atoms with Gasteiger partial charge in [-0.1, -0.05) is 11.6 Å². The fraction of sp³-hybridized carbons (Fsp3) is 0.345. The van der Waals surface area contributed by atoms with Gasteiger partial charge in [-0.25, -0.2) is 4.98 Å². The fourth-order valence-corrected chi connectivity index (χ4v) is 5.55. The molecular formula is C29H29N3O4. The summed E-state index contributed by atoms with van der Waals surface area (Å²) in [5.74, 6) is 3.39. The van der Waals surface area contributed by atoms with E-state index in [-0.39, 0.29) is 29.6 Å². The van der Waals surface area contributed by atoms with Crippen molar-refractivity contribution in [1.29, 1.82) is 0 Å². The molecule has 7 nitrogen and oxygen atoms in total. The monoisotopic (exact) mass is 483 g/mol. The van der Waals surface area contributed by atoms with Crippen LogP contribution >= 0.6 is 0 Å². The molecular weight excluding hydrogens is 454 g/mol. The van der Waals surface area contributed by atoms with Crippen molar-refractivity contribution in [3.8, 4) is 17.2 Å². The van der Waals surface area contributed by atoms with Crippen LogP contribution in [0.3, 0.4) is 0 Å². The molecule has 0 unspecified atom stereocenters. The van der Waals surface area contributed by atoms with Gasteiger partial charge in [0.15, 0.2) is 5.78 Å². The molecule has 3 atom stereocenters. The first-order valence-corrected chi connectivity index (χ1v) is 12.4. The maximum absolute atomic E-state index is 13.2. The number of carbonyl (C=O) groups is 2. The molecule has 0 spiro atoms. The van der Waals surface area contributed by atoms with Crippen LogP contribution in [0, 0.1) is 12.8 Å². The number of nitrogens with one attached hydrogen (secondary N) is 1. The van der Waals surface area contributed by atoms with E-state index in [1.165, 1.54) is 0 Å². The third kappa shape index (κ3) is 4.24. The fourth-order valence-electron chi connectivity index (χ4n) is 5.55. The van der Waals surface area contributed by atoms with Crippen molar-refractivity contribution >= 4 is 17.5 Å². The number of aryl methyl sites for hydroxylation is 1. The number of fused-ring (bicyclic) bond motifs is 4. The smallest absolute Gasteiger partial charge is 0.225 e. The summed E-state index contributed by atoms with van der Waals surface area (Å²) in [7, 11) is 4.06. The van der Waals surface area contributed by atoms with E-state index >= 15 is 0 Å². The van der Waals surface area contributed by atoms with Gasteiger partial charge in [-0.3, -0.25) is 9.59 Å². The Kier molecular flexibility index (Phi) is 5.52. The molecule has 2 aliphatic heterocycles. The van der Waals surface area contributed by atoms with Gasteiger partial charge >= 0.3 is 0 Å². The normalized spacial score (nSPS) is 21.2. The van der Waals surface area contributed by atoms with Gasteiger partial charge in [-0.15, -0.1) is 0 Å². The number of pyridine rings is 1. The van der Waals surface area contributed by atoms with Gasteiger partial charge in [-0.2, -0.15) is 0 Å². The predicted octanol–water partition coefficient (Wildman–Crippen LogP) is 4.88. The van der Waals surface area contributed by atoms with Crippen molar-refractivity contribution in [3.05, 3.63) is 76.5 Å². The Morgan fingerprint density at radius 3 is 2.86 bits per heavy atom. The second kappa shape index (κ2) is 8.75. The number of benzene rings is 2. The van der Waals surface area contributed by atoms with Crippen LogP contribution in [-0.2, 0) is 17.8 Å². The van der Waals surface area contributed by atoms with E-state index in [2.05, 4.69) is 21.3 Å². The van der Waals surface area contributed by atoms with Crippen LogP contribution in [0.15, 0.2) is 48.7 Å². The summed E-state index contributed by atoms with van der Waals surface area (Å²) >= 11 is 0. The van der Waals surface area contributed by atoms with E-state index in [0.717, 1.165) is 40.1 Å². The number of rotatable bonds is 7. The molecule has 1 fully saturated rings. The van der Waals surface area contributed by atoms with Crippen LogP contribution in [0.5, 0.6) is 17.2 Å². The lowest BCUT2D eigenvalue weighted by atomic mass is 9.98. The Balaban J connectivity index is 1.17. The van der Waals surface area contributed by atoms with Crippen LogP contribution in [0.25, 0.3) is 0 Å². The minimum Gasteiger partial charge on any atom is -0.489 e. The lowest BCUT2D eigenvalue weighted by Gasteiger charge is -2.19. The molecule has 1 saturated carbocycles. The average Bonchev–Trinajstić information content (AvgIpc) is 3.34. The number of amides is 1. The average molecular weight is 484 g/mol. The van der Waals surface area contributed by atoms with Crippen molar-refractivity contribution in [2.75, 3.05) is 19.4 Å². The molecule has 7 heteroatoms. The summed E-state index contributed by atoms with van der Waals surface area (Å²) in [5.41, 5.74) is 5.05. The maximum atomic E-state index is 13.2. The molecule has 6 rings (SSSR count). The van der Waals surface area contributed by atoms with E-state index < -0.39 is 0 Å². The summed E-state index contributed by atoms with van der Waals surface area (Å²) < 4.78 is 12.4. The molecule has 3 aromatic rings. The van der Waals surface area contributed by atoms with Crippen molar-refractivity contribution in [3.63, 3.8) is 0 Å². The Bertz CT molecular complexity index is 1380. The van der Waals surface area contributed by atoms with Gasteiger partial charge in [0.1, 0.15) is 29.2 Å². The number of aromatic nitrogens is 1. The predicted molar refractivity (Wildman–Crippen MR) is 136 cm³/mol.